The van der Waals surface area contributed by atoms with Gasteiger partial charge in [0, 0.05) is 34.3 Å². The highest BCUT2D eigenvalue weighted by Crippen LogP contribution is 2.42. The Labute approximate surface area is 214 Å². The third-order valence-electron chi connectivity index (χ3n) is 8.25. The first-order valence-corrected chi connectivity index (χ1v) is 14.0. The molecule has 2 saturated heterocycles. The molecular formula is C29H30N4O2S. The molecule has 3 aliphatic rings. The molecule has 0 spiro atoms. The molecule has 4 atom stereocenters. The number of anilines is 1. The number of amides is 1. The molecule has 0 unspecified atom stereocenters. The molecule has 4 aromatic rings. The van der Waals surface area contributed by atoms with Crippen LogP contribution in [0.3, 0.4) is 0 Å². The number of aromatic amines is 1. The van der Waals surface area contributed by atoms with E-state index in [1.165, 1.54) is 24.1 Å². The number of thiophene rings is 1. The number of piperidine rings is 1. The number of hydrogen-bond acceptors (Lipinski definition) is 5. The zero-order chi connectivity index (χ0) is 24.2. The SMILES string of the molecule is O=C(N[C@H](c1ccsc1)C1CC1)c1ccc2[nH]nc(-c3ccc(N4[C@@H]5CC[C@H]4C[C@@H](O)C5)cc3)c2c1. The first-order chi connectivity index (χ1) is 17.6. The Morgan fingerprint density at radius 3 is 2.53 bits per heavy atom. The number of benzene rings is 2. The molecule has 6 nitrogen and oxygen atoms in total. The normalized spacial score (nSPS) is 24.2. The predicted octanol–water partition coefficient (Wildman–Crippen LogP) is 5.66. The molecule has 3 fully saturated rings. The van der Waals surface area contributed by atoms with Crippen LogP contribution in [0.25, 0.3) is 22.2 Å². The fourth-order valence-electron chi connectivity index (χ4n) is 6.32. The molecule has 3 N–H and O–H groups in total. The minimum atomic E-state index is -0.162. The van der Waals surface area contributed by atoms with Crippen molar-refractivity contribution >= 4 is 33.8 Å². The van der Waals surface area contributed by atoms with Crippen molar-refractivity contribution in [3.63, 3.8) is 0 Å². The number of fused-ring (bicyclic) bond motifs is 3. The number of carbonyl (C=O) groups excluding carboxylic acids is 1. The van der Waals surface area contributed by atoms with Gasteiger partial charge in [0.15, 0.2) is 0 Å². The summed E-state index contributed by atoms with van der Waals surface area (Å²) in [4.78, 5) is 15.7. The second kappa shape index (κ2) is 8.75. The van der Waals surface area contributed by atoms with Gasteiger partial charge in [-0.05, 0) is 97.2 Å². The zero-order valence-corrected chi connectivity index (χ0v) is 20.9. The number of carbonyl (C=O) groups is 1. The van der Waals surface area contributed by atoms with E-state index in [4.69, 9.17) is 0 Å². The van der Waals surface area contributed by atoms with E-state index in [1.54, 1.807) is 11.3 Å². The summed E-state index contributed by atoms with van der Waals surface area (Å²) in [6, 6.07) is 17.5. The molecule has 1 aliphatic carbocycles. The summed E-state index contributed by atoms with van der Waals surface area (Å²) in [6.45, 7) is 0. The number of H-pyrrole nitrogens is 1. The molecule has 2 aromatic carbocycles. The van der Waals surface area contributed by atoms with Crippen LogP contribution in [-0.2, 0) is 0 Å². The van der Waals surface area contributed by atoms with Crippen molar-refractivity contribution in [1.29, 1.82) is 0 Å². The number of aliphatic hydroxyl groups is 1. The number of aliphatic hydroxyl groups excluding tert-OH is 1. The smallest absolute Gasteiger partial charge is 0.251 e. The maximum Gasteiger partial charge on any atom is 0.251 e. The Kier molecular flexibility index (Phi) is 5.36. The first-order valence-electron chi connectivity index (χ1n) is 13.0. The third-order valence-corrected chi connectivity index (χ3v) is 8.96. The molecule has 0 radical (unpaired) electrons. The molecule has 2 bridgehead atoms. The van der Waals surface area contributed by atoms with E-state index in [1.807, 2.05) is 18.2 Å². The Morgan fingerprint density at radius 1 is 1.06 bits per heavy atom. The Morgan fingerprint density at radius 2 is 1.83 bits per heavy atom. The van der Waals surface area contributed by atoms with Gasteiger partial charge in [-0.2, -0.15) is 16.4 Å². The molecule has 7 rings (SSSR count). The Bertz CT molecular complexity index is 1380. The second-order valence-corrected chi connectivity index (χ2v) is 11.4. The van der Waals surface area contributed by atoms with E-state index in [2.05, 4.69) is 61.5 Å². The van der Waals surface area contributed by atoms with Gasteiger partial charge in [-0.15, -0.1) is 0 Å². The van der Waals surface area contributed by atoms with Gasteiger partial charge in [0.05, 0.1) is 23.4 Å². The summed E-state index contributed by atoms with van der Waals surface area (Å²) >= 11 is 1.67. The fraction of sp³-hybridized carbons (Fsp3) is 0.379. The van der Waals surface area contributed by atoms with Crippen molar-refractivity contribution in [3.05, 3.63) is 70.4 Å². The highest BCUT2D eigenvalue weighted by atomic mass is 32.1. The molecule has 1 saturated carbocycles. The molecule has 36 heavy (non-hydrogen) atoms. The number of hydrogen-bond donors (Lipinski definition) is 3. The minimum Gasteiger partial charge on any atom is -0.393 e. The standard InChI is InChI=1S/C29H30N4O2S/c34-24-14-22-8-9-23(15-24)33(22)21-6-3-18(4-7-21)28-25-13-19(5-10-26(25)31-32-28)29(35)30-27(17-1-2-17)20-11-12-36-16-20/h3-7,10-13,16-17,22-24,27,34H,1-2,8-9,14-15H2,(H,30,35)(H,31,32)/t22-,23+,24+,27-/m0/s1. The molecule has 7 heteroatoms. The summed E-state index contributed by atoms with van der Waals surface area (Å²) in [6.07, 6.45) is 6.22. The van der Waals surface area contributed by atoms with E-state index >= 15 is 0 Å². The second-order valence-electron chi connectivity index (χ2n) is 10.6. The molecule has 2 aromatic heterocycles. The van der Waals surface area contributed by atoms with Crippen molar-refractivity contribution in [2.24, 2.45) is 5.92 Å². The van der Waals surface area contributed by atoms with Crippen LogP contribution < -0.4 is 10.2 Å². The van der Waals surface area contributed by atoms with Crippen molar-refractivity contribution in [3.8, 4) is 11.3 Å². The van der Waals surface area contributed by atoms with Gasteiger partial charge in [0.1, 0.15) is 0 Å². The molecular weight excluding hydrogens is 468 g/mol. The highest BCUT2D eigenvalue weighted by molar-refractivity contribution is 7.08. The predicted molar refractivity (Wildman–Crippen MR) is 143 cm³/mol. The van der Waals surface area contributed by atoms with Crippen LogP contribution in [0.1, 0.15) is 60.5 Å². The van der Waals surface area contributed by atoms with Gasteiger partial charge in [-0.1, -0.05) is 12.1 Å². The van der Waals surface area contributed by atoms with E-state index in [9.17, 15) is 9.90 Å². The van der Waals surface area contributed by atoms with Crippen molar-refractivity contribution in [2.75, 3.05) is 4.90 Å². The molecule has 2 aliphatic heterocycles. The third kappa shape index (κ3) is 3.91. The van der Waals surface area contributed by atoms with Gasteiger partial charge in [-0.3, -0.25) is 9.89 Å². The summed E-state index contributed by atoms with van der Waals surface area (Å²) in [7, 11) is 0. The van der Waals surface area contributed by atoms with Crippen LogP contribution in [0.15, 0.2) is 59.3 Å². The lowest BCUT2D eigenvalue weighted by molar-refractivity contribution is 0.0932. The van der Waals surface area contributed by atoms with Gasteiger partial charge >= 0.3 is 0 Å². The van der Waals surface area contributed by atoms with Gasteiger partial charge in [0.2, 0.25) is 0 Å². The molecule has 1 amide bonds. The molecule has 4 heterocycles. The lowest BCUT2D eigenvalue weighted by atomic mass is 9.98. The largest absolute Gasteiger partial charge is 0.393 e. The van der Waals surface area contributed by atoms with Crippen LogP contribution in [0.5, 0.6) is 0 Å². The van der Waals surface area contributed by atoms with Gasteiger partial charge in [0.25, 0.3) is 5.91 Å². The van der Waals surface area contributed by atoms with E-state index in [-0.39, 0.29) is 18.1 Å². The summed E-state index contributed by atoms with van der Waals surface area (Å²) in [5.74, 6) is 0.499. The fourth-order valence-corrected chi connectivity index (χ4v) is 7.01. The van der Waals surface area contributed by atoms with Crippen molar-refractivity contribution in [1.82, 2.24) is 15.5 Å². The quantitative estimate of drug-likeness (QED) is 0.320. The highest BCUT2D eigenvalue weighted by Gasteiger charge is 2.40. The topological polar surface area (TPSA) is 81.2 Å². The maximum absolute atomic E-state index is 13.2. The zero-order valence-electron chi connectivity index (χ0n) is 20.1. The van der Waals surface area contributed by atoms with Crippen molar-refractivity contribution < 1.29 is 9.90 Å². The average Bonchev–Trinajstić information content (AvgIpc) is 3.29. The molecule has 184 valence electrons. The number of nitrogens with zero attached hydrogens (tertiary/aromatic N) is 2. The monoisotopic (exact) mass is 498 g/mol. The number of rotatable bonds is 6. The Balaban J connectivity index is 1.14. The van der Waals surface area contributed by atoms with E-state index in [0.717, 1.165) is 47.8 Å². The first kappa shape index (κ1) is 22.1. The average molecular weight is 499 g/mol. The van der Waals surface area contributed by atoms with Crippen LogP contribution in [0, 0.1) is 5.92 Å². The van der Waals surface area contributed by atoms with Crippen LogP contribution >= 0.6 is 11.3 Å². The van der Waals surface area contributed by atoms with E-state index in [0.29, 0.717) is 23.6 Å². The number of aromatic nitrogens is 2. The summed E-state index contributed by atoms with van der Waals surface area (Å²) in [5, 5.41) is 26.3. The lowest BCUT2D eigenvalue weighted by Gasteiger charge is -2.39. The summed E-state index contributed by atoms with van der Waals surface area (Å²) in [5.41, 5.74) is 5.90. The lowest BCUT2D eigenvalue weighted by Crippen LogP contribution is -2.44. The van der Waals surface area contributed by atoms with Crippen LogP contribution in [-0.4, -0.2) is 39.4 Å². The van der Waals surface area contributed by atoms with Gasteiger partial charge < -0.3 is 15.3 Å². The van der Waals surface area contributed by atoms with Crippen LogP contribution in [0.4, 0.5) is 5.69 Å². The maximum atomic E-state index is 13.2. The van der Waals surface area contributed by atoms with E-state index < -0.39 is 0 Å². The summed E-state index contributed by atoms with van der Waals surface area (Å²) < 4.78 is 0. The Hall–Kier alpha value is -3.16. The number of nitrogens with one attached hydrogen (secondary N) is 2. The van der Waals surface area contributed by atoms with Crippen molar-refractivity contribution in [2.45, 2.75) is 62.8 Å². The van der Waals surface area contributed by atoms with Crippen LogP contribution in [0.2, 0.25) is 0 Å². The van der Waals surface area contributed by atoms with Gasteiger partial charge in [-0.25, -0.2) is 0 Å². The minimum absolute atomic E-state index is 0.0368.